The highest BCUT2D eigenvalue weighted by atomic mass is 16.5. The number of aryl methyl sites for hydroxylation is 2. The number of imide groups is 1. The molecule has 0 aliphatic carbocycles. The van der Waals surface area contributed by atoms with Crippen LogP contribution in [-0.2, 0) is 28.7 Å². The number of aromatic nitrogens is 1. The zero-order valence-electron chi connectivity index (χ0n) is 31.1. The molecule has 2 aliphatic heterocycles. The van der Waals surface area contributed by atoms with Crippen molar-refractivity contribution in [3.63, 3.8) is 0 Å². The number of hydrogen-bond donors (Lipinski definition) is 1. The largest absolute Gasteiger partial charge is 0.462 e. The topological polar surface area (TPSA) is 150 Å². The molecule has 2 fully saturated rings. The van der Waals surface area contributed by atoms with Crippen LogP contribution >= 0.6 is 0 Å². The Morgan fingerprint density at radius 2 is 1.63 bits per heavy atom. The van der Waals surface area contributed by atoms with Crippen molar-refractivity contribution in [2.75, 3.05) is 69.3 Å². The number of ether oxygens (including phenoxy) is 1. The summed E-state index contributed by atoms with van der Waals surface area (Å²) < 4.78 is 5.28. The number of carbonyl (C=O) groups is 6. The number of carbonyl (C=O) groups excluding carboxylic acids is 6. The van der Waals surface area contributed by atoms with E-state index in [4.69, 9.17) is 14.3 Å². The molecular weight excluding hydrogens is 652 g/mol. The molecule has 2 aromatic rings. The summed E-state index contributed by atoms with van der Waals surface area (Å²) in [4.78, 5) is 72.4. The summed E-state index contributed by atoms with van der Waals surface area (Å²) in [6.45, 7) is 18.4. The van der Waals surface area contributed by atoms with Gasteiger partial charge in [0.1, 0.15) is 18.9 Å². The molecule has 1 aromatic carbocycles. The van der Waals surface area contributed by atoms with Gasteiger partial charge in [-0.25, -0.2) is 9.78 Å². The summed E-state index contributed by atoms with van der Waals surface area (Å²) in [7, 11) is 1.56. The molecule has 0 radical (unpaired) electrons. The minimum absolute atomic E-state index is 0.185. The monoisotopic (exact) mass is 710 g/mol. The van der Waals surface area contributed by atoms with Crippen LogP contribution in [0.25, 0.3) is 0 Å². The Balaban J connectivity index is 0.000000640. The maximum atomic E-state index is 12.1. The average Bonchev–Trinajstić information content (AvgIpc) is 3.17. The summed E-state index contributed by atoms with van der Waals surface area (Å²) >= 11 is 0. The van der Waals surface area contributed by atoms with E-state index < -0.39 is 0 Å². The summed E-state index contributed by atoms with van der Waals surface area (Å²) in [5.41, 5.74) is 4.64. The number of hydrogen-bond acceptors (Lipinski definition) is 11. The van der Waals surface area contributed by atoms with Crippen LogP contribution in [0.1, 0.15) is 73.9 Å². The predicted octanol–water partition coefficient (Wildman–Crippen LogP) is 3.84. The molecule has 1 atom stereocenters. The fourth-order valence-corrected chi connectivity index (χ4v) is 5.60. The van der Waals surface area contributed by atoms with E-state index in [1.165, 1.54) is 36.2 Å². The minimum Gasteiger partial charge on any atom is -0.462 e. The zero-order valence-corrected chi connectivity index (χ0v) is 31.1. The van der Waals surface area contributed by atoms with Gasteiger partial charge in [-0.15, -0.1) is 0 Å². The van der Waals surface area contributed by atoms with Crippen molar-refractivity contribution in [3.8, 4) is 0 Å². The number of nitrogens with one attached hydrogen (secondary N) is 1. The molecule has 51 heavy (non-hydrogen) atoms. The molecule has 1 aromatic heterocycles. The highest BCUT2D eigenvalue weighted by molar-refractivity contribution is 5.89. The van der Waals surface area contributed by atoms with Crippen molar-refractivity contribution in [2.45, 2.75) is 72.3 Å². The third-order valence-electron chi connectivity index (χ3n) is 8.97. The molecule has 282 valence electrons. The van der Waals surface area contributed by atoms with Gasteiger partial charge in [0, 0.05) is 77.2 Å². The van der Waals surface area contributed by atoms with Gasteiger partial charge in [-0.3, -0.25) is 24.2 Å². The maximum absolute atomic E-state index is 12.1. The lowest BCUT2D eigenvalue weighted by molar-refractivity contribution is -0.131. The van der Waals surface area contributed by atoms with Gasteiger partial charge in [-0.05, 0) is 87.8 Å². The molecule has 0 saturated carbocycles. The van der Waals surface area contributed by atoms with E-state index in [9.17, 15) is 19.2 Å². The second-order valence-electron chi connectivity index (χ2n) is 12.5. The van der Waals surface area contributed by atoms with Crippen molar-refractivity contribution >= 4 is 49.8 Å². The zero-order chi connectivity index (χ0) is 38.0. The Morgan fingerprint density at radius 1 is 0.980 bits per heavy atom. The number of rotatable bonds is 15. The van der Waals surface area contributed by atoms with E-state index in [1.54, 1.807) is 20.2 Å². The van der Waals surface area contributed by atoms with E-state index in [-0.39, 0.29) is 12.0 Å². The van der Waals surface area contributed by atoms with Gasteiger partial charge < -0.3 is 29.4 Å². The fourth-order valence-electron chi connectivity index (χ4n) is 5.60. The Labute approximate surface area is 303 Å². The first kappa shape index (κ1) is 44.4. The number of anilines is 2. The molecule has 3 amide bonds. The van der Waals surface area contributed by atoms with E-state index in [1.807, 2.05) is 18.9 Å². The van der Waals surface area contributed by atoms with Crippen molar-refractivity contribution in [1.82, 2.24) is 20.1 Å². The number of aldehydes is 1. The second-order valence-corrected chi connectivity index (χ2v) is 12.5. The fraction of sp³-hybridized carbons (Fsp3) is 0.553. The number of piperazine rings is 1. The minimum atomic E-state index is -0.274. The second kappa shape index (κ2) is 26.2. The van der Waals surface area contributed by atoms with Crippen LogP contribution in [0.3, 0.4) is 0 Å². The van der Waals surface area contributed by atoms with E-state index in [0.29, 0.717) is 44.2 Å². The van der Waals surface area contributed by atoms with Gasteiger partial charge in [0.25, 0.3) is 0 Å². The molecule has 1 N–H and O–H groups in total. The number of piperidine rings is 1. The van der Waals surface area contributed by atoms with Crippen molar-refractivity contribution < 1.29 is 33.5 Å². The number of esters is 1. The molecule has 2 aliphatic rings. The quantitative estimate of drug-likeness (QED) is 0.163. The van der Waals surface area contributed by atoms with Gasteiger partial charge in [-0.2, -0.15) is 0 Å². The Hall–Kier alpha value is -4.65. The van der Waals surface area contributed by atoms with Gasteiger partial charge in [-0.1, -0.05) is 19.4 Å². The van der Waals surface area contributed by atoms with Crippen LogP contribution in [-0.4, -0.2) is 119 Å². The van der Waals surface area contributed by atoms with Crippen molar-refractivity contribution in [3.05, 3.63) is 53.2 Å². The van der Waals surface area contributed by atoms with Crippen LogP contribution in [0.5, 0.6) is 0 Å². The molecule has 4 rings (SSSR count). The van der Waals surface area contributed by atoms with E-state index in [0.717, 1.165) is 75.0 Å². The lowest BCUT2D eigenvalue weighted by Gasteiger charge is -2.40. The average molecular weight is 711 g/mol. The van der Waals surface area contributed by atoms with Gasteiger partial charge in [0.15, 0.2) is 0 Å². The number of amides is 3. The normalized spacial score (nSPS) is 14.8. The summed E-state index contributed by atoms with van der Waals surface area (Å²) in [6.07, 6.45) is 9.18. The van der Waals surface area contributed by atoms with Crippen LogP contribution in [0.4, 0.5) is 11.5 Å². The Morgan fingerprint density at radius 3 is 2.14 bits per heavy atom. The molecular formula is C38H58N6O7. The van der Waals surface area contributed by atoms with Crippen molar-refractivity contribution in [2.24, 2.45) is 5.92 Å². The standard InChI is InChI=1S/C28H40N4O2.C7H11NO3.C2H5NO.CH2O/c1-4-5-18-34-28(33)25-7-9-27(29-20-25)32-12-10-24(11-13-32)21-30-14-16-31(17-15-30)26-8-6-22(2)23(3)19-26;1-7(3-2-4-9)8(5-10)6-11;1-3-2-4;1-2/h6-9,19-20,24H,4-5,10-18,21H2,1-3H3;4-7H,2-3H2,1H3;2H,1H3,(H,3,4);1H2. The first-order chi connectivity index (χ1) is 24.7. The molecule has 2 saturated heterocycles. The third kappa shape index (κ3) is 16.3. The molecule has 13 nitrogen and oxygen atoms in total. The van der Waals surface area contributed by atoms with Crippen LogP contribution < -0.4 is 15.1 Å². The molecule has 0 spiro atoms. The van der Waals surface area contributed by atoms with Gasteiger partial charge >= 0.3 is 5.97 Å². The van der Waals surface area contributed by atoms with E-state index >= 15 is 0 Å². The third-order valence-corrected chi connectivity index (χ3v) is 8.97. The Kier molecular flexibility index (Phi) is 22.8. The first-order valence-corrected chi connectivity index (χ1v) is 17.6. The number of benzene rings is 1. The Bertz CT molecular complexity index is 1290. The van der Waals surface area contributed by atoms with Gasteiger partial charge in [0.2, 0.25) is 19.2 Å². The summed E-state index contributed by atoms with van der Waals surface area (Å²) in [6, 6.07) is 10.5. The lowest BCUT2D eigenvalue weighted by Crippen LogP contribution is -2.49. The SMILES string of the molecule is C=O.CC(CCC=O)N(C=O)C=O.CCCCOC(=O)c1ccc(N2CCC(CN3CCN(c4ccc(C)c(C)c4)CC3)CC2)nc1.CNC=O. The van der Waals surface area contributed by atoms with Crippen LogP contribution in [0.15, 0.2) is 36.5 Å². The van der Waals surface area contributed by atoms with Crippen molar-refractivity contribution in [1.29, 1.82) is 0 Å². The smallest absolute Gasteiger partial charge is 0.339 e. The predicted molar refractivity (Wildman–Crippen MR) is 200 cm³/mol. The van der Waals surface area contributed by atoms with Crippen LogP contribution in [0.2, 0.25) is 0 Å². The molecule has 3 heterocycles. The van der Waals surface area contributed by atoms with Crippen LogP contribution in [0, 0.1) is 19.8 Å². The molecule has 1 unspecified atom stereocenters. The summed E-state index contributed by atoms with van der Waals surface area (Å²) in [5.74, 6) is 1.44. The highest BCUT2D eigenvalue weighted by Crippen LogP contribution is 2.25. The van der Waals surface area contributed by atoms with E-state index in [2.05, 4.69) is 64.0 Å². The lowest BCUT2D eigenvalue weighted by atomic mass is 9.96. The maximum Gasteiger partial charge on any atom is 0.339 e. The number of nitrogens with zero attached hydrogens (tertiary/aromatic N) is 5. The van der Waals surface area contributed by atoms with Gasteiger partial charge in [0.05, 0.1) is 12.2 Å². The first-order valence-electron chi connectivity index (χ1n) is 17.6. The molecule has 0 bridgehead atoms. The summed E-state index contributed by atoms with van der Waals surface area (Å²) in [5, 5.41) is 2.25. The molecule has 13 heteroatoms. The highest BCUT2D eigenvalue weighted by Gasteiger charge is 2.25. The number of unbranched alkanes of at least 4 members (excludes halogenated alkanes) is 1. The number of pyridine rings is 1.